The van der Waals surface area contributed by atoms with Crippen molar-refractivity contribution in [3.05, 3.63) is 34.3 Å². The lowest BCUT2D eigenvalue weighted by Gasteiger charge is -2.12. The molecule has 1 aromatic rings. The molecule has 0 heterocycles. The Kier molecular flexibility index (Phi) is 8.77. The lowest BCUT2D eigenvalue weighted by atomic mass is 10.2. The molecule has 1 aromatic carbocycles. The number of carbonyl (C=O) groups excluding carboxylic acids is 1. The maximum Gasteiger partial charge on any atom is 0.251 e. The van der Waals surface area contributed by atoms with Crippen LogP contribution in [0.5, 0.6) is 0 Å². The summed E-state index contributed by atoms with van der Waals surface area (Å²) in [7, 11) is 1.75. The van der Waals surface area contributed by atoms with Crippen LogP contribution in [0.4, 0.5) is 0 Å². The highest BCUT2D eigenvalue weighted by Gasteiger charge is 2.20. The number of halogens is 2. The van der Waals surface area contributed by atoms with Gasteiger partial charge in [-0.25, -0.2) is 0 Å². The molecule has 7 heteroatoms. The first-order valence-corrected chi connectivity index (χ1v) is 7.96. The summed E-state index contributed by atoms with van der Waals surface area (Å²) < 4.78 is 0.964. The van der Waals surface area contributed by atoms with Crippen molar-refractivity contribution < 1.29 is 4.79 Å². The Bertz CT molecular complexity index is 503. The van der Waals surface area contributed by atoms with Crippen molar-refractivity contribution in [2.75, 3.05) is 26.7 Å². The van der Waals surface area contributed by atoms with Gasteiger partial charge in [0.2, 0.25) is 0 Å². The van der Waals surface area contributed by atoms with E-state index in [9.17, 15) is 4.79 Å². The van der Waals surface area contributed by atoms with Crippen LogP contribution in [0.15, 0.2) is 33.7 Å². The zero-order chi connectivity index (χ0) is 15.1. The minimum absolute atomic E-state index is 0. The van der Waals surface area contributed by atoms with Gasteiger partial charge in [0.05, 0.1) is 0 Å². The van der Waals surface area contributed by atoms with Crippen molar-refractivity contribution in [1.82, 2.24) is 16.0 Å². The average Bonchev–Trinajstić information content (AvgIpc) is 3.31. The Morgan fingerprint density at radius 3 is 2.41 bits per heavy atom. The maximum atomic E-state index is 11.9. The maximum absolute atomic E-state index is 11.9. The number of benzene rings is 1. The van der Waals surface area contributed by atoms with E-state index in [1.54, 1.807) is 19.2 Å². The first-order chi connectivity index (χ1) is 10.2. The number of hydrogen-bond acceptors (Lipinski definition) is 2. The monoisotopic (exact) mass is 480 g/mol. The van der Waals surface area contributed by atoms with E-state index in [2.05, 4.69) is 36.9 Å². The number of nitrogens with zero attached hydrogens (tertiary/aromatic N) is 1. The summed E-state index contributed by atoms with van der Waals surface area (Å²) in [6, 6.07) is 7.31. The van der Waals surface area contributed by atoms with E-state index in [0.29, 0.717) is 18.7 Å². The molecular formula is C15H22BrIN4O. The molecule has 1 aliphatic carbocycles. The Morgan fingerprint density at radius 2 is 1.82 bits per heavy atom. The fourth-order valence-corrected chi connectivity index (χ4v) is 2.11. The predicted octanol–water partition coefficient (Wildman–Crippen LogP) is 2.37. The molecule has 5 nitrogen and oxygen atoms in total. The zero-order valence-corrected chi connectivity index (χ0v) is 16.5. The number of nitrogens with one attached hydrogen (secondary N) is 3. The Balaban J connectivity index is 0.00000242. The van der Waals surface area contributed by atoms with E-state index in [1.807, 2.05) is 12.1 Å². The second kappa shape index (κ2) is 10.0. The van der Waals surface area contributed by atoms with Crippen molar-refractivity contribution in [2.45, 2.75) is 12.8 Å². The van der Waals surface area contributed by atoms with Gasteiger partial charge in [-0.1, -0.05) is 15.9 Å². The van der Waals surface area contributed by atoms with Crippen LogP contribution in [0.3, 0.4) is 0 Å². The van der Waals surface area contributed by atoms with E-state index in [0.717, 1.165) is 22.9 Å². The molecule has 0 radical (unpaired) electrons. The second-order valence-corrected chi connectivity index (χ2v) is 6.00. The summed E-state index contributed by atoms with van der Waals surface area (Å²) in [5, 5.41) is 9.34. The third-order valence-electron chi connectivity index (χ3n) is 3.29. The summed E-state index contributed by atoms with van der Waals surface area (Å²) in [6.07, 6.45) is 2.63. The molecule has 1 saturated carbocycles. The number of guanidine groups is 1. The largest absolute Gasteiger partial charge is 0.356 e. The summed E-state index contributed by atoms with van der Waals surface area (Å²) >= 11 is 3.35. The van der Waals surface area contributed by atoms with Gasteiger partial charge in [0.1, 0.15) is 0 Å². The highest BCUT2D eigenvalue weighted by atomic mass is 127. The zero-order valence-electron chi connectivity index (χ0n) is 12.6. The fourth-order valence-electron chi connectivity index (χ4n) is 1.84. The minimum Gasteiger partial charge on any atom is -0.356 e. The van der Waals surface area contributed by atoms with Crippen LogP contribution in [0.2, 0.25) is 0 Å². The molecule has 1 aliphatic rings. The van der Waals surface area contributed by atoms with Gasteiger partial charge in [0, 0.05) is 36.7 Å². The van der Waals surface area contributed by atoms with Crippen LogP contribution in [0.1, 0.15) is 23.2 Å². The van der Waals surface area contributed by atoms with Gasteiger partial charge in [0.25, 0.3) is 5.91 Å². The van der Waals surface area contributed by atoms with Gasteiger partial charge in [-0.2, -0.15) is 0 Å². The first-order valence-electron chi connectivity index (χ1n) is 7.17. The number of hydrogen-bond donors (Lipinski definition) is 3. The third kappa shape index (κ3) is 6.95. The second-order valence-electron chi connectivity index (χ2n) is 5.09. The molecule has 0 spiro atoms. The van der Waals surface area contributed by atoms with E-state index in [4.69, 9.17) is 0 Å². The number of rotatable bonds is 6. The van der Waals surface area contributed by atoms with Crippen LogP contribution in [-0.4, -0.2) is 38.5 Å². The van der Waals surface area contributed by atoms with Gasteiger partial charge < -0.3 is 16.0 Å². The molecule has 0 aliphatic heterocycles. The standard InChI is InChI=1S/C15H21BrN4O.HI/c1-17-15(20-10-11-2-3-11)19-9-8-18-14(21)12-4-6-13(16)7-5-12;/h4-7,11H,2-3,8-10H2,1H3,(H,18,21)(H2,17,19,20);1H. The highest BCUT2D eigenvalue weighted by Crippen LogP contribution is 2.27. The number of carbonyl (C=O) groups is 1. The van der Waals surface area contributed by atoms with E-state index < -0.39 is 0 Å². The molecule has 1 amide bonds. The SMILES string of the molecule is CN=C(NCCNC(=O)c1ccc(Br)cc1)NCC1CC1.I. The van der Waals surface area contributed by atoms with Crippen LogP contribution in [0.25, 0.3) is 0 Å². The summed E-state index contributed by atoms with van der Waals surface area (Å²) in [5.74, 6) is 1.53. The van der Waals surface area contributed by atoms with Crippen molar-refractivity contribution in [3.63, 3.8) is 0 Å². The molecule has 122 valence electrons. The van der Waals surface area contributed by atoms with Crippen LogP contribution < -0.4 is 16.0 Å². The Morgan fingerprint density at radius 1 is 1.18 bits per heavy atom. The molecular weight excluding hydrogens is 459 g/mol. The molecule has 1 fully saturated rings. The van der Waals surface area contributed by atoms with Crippen LogP contribution in [0, 0.1) is 5.92 Å². The van der Waals surface area contributed by atoms with Crippen molar-refractivity contribution in [3.8, 4) is 0 Å². The van der Waals surface area contributed by atoms with Crippen LogP contribution in [-0.2, 0) is 0 Å². The lowest BCUT2D eigenvalue weighted by molar-refractivity contribution is 0.0954. The molecule has 22 heavy (non-hydrogen) atoms. The third-order valence-corrected chi connectivity index (χ3v) is 3.82. The molecule has 3 N–H and O–H groups in total. The van der Waals surface area contributed by atoms with Crippen molar-refractivity contribution in [1.29, 1.82) is 0 Å². The van der Waals surface area contributed by atoms with E-state index in [-0.39, 0.29) is 29.9 Å². The lowest BCUT2D eigenvalue weighted by Crippen LogP contribution is -2.42. The fraction of sp³-hybridized carbons (Fsp3) is 0.467. The van der Waals surface area contributed by atoms with Gasteiger partial charge in [-0.15, -0.1) is 24.0 Å². The van der Waals surface area contributed by atoms with E-state index in [1.165, 1.54) is 12.8 Å². The van der Waals surface area contributed by atoms with Gasteiger partial charge >= 0.3 is 0 Å². The van der Waals surface area contributed by atoms with Gasteiger partial charge in [-0.05, 0) is 43.0 Å². The Hall–Kier alpha value is -0.830. The molecule has 0 bridgehead atoms. The molecule has 0 saturated heterocycles. The molecule has 0 atom stereocenters. The topological polar surface area (TPSA) is 65.5 Å². The summed E-state index contributed by atoms with van der Waals surface area (Å²) in [4.78, 5) is 16.0. The molecule has 2 rings (SSSR count). The summed E-state index contributed by atoms with van der Waals surface area (Å²) in [6.45, 7) is 2.18. The number of aliphatic imine (C=N–C) groups is 1. The predicted molar refractivity (Wildman–Crippen MR) is 104 cm³/mol. The smallest absolute Gasteiger partial charge is 0.251 e. The Labute approximate surface area is 156 Å². The van der Waals surface area contributed by atoms with Gasteiger partial charge in [-0.3, -0.25) is 9.79 Å². The summed E-state index contributed by atoms with van der Waals surface area (Å²) in [5.41, 5.74) is 0.662. The molecule has 0 aromatic heterocycles. The number of amides is 1. The van der Waals surface area contributed by atoms with Crippen LogP contribution >= 0.6 is 39.9 Å². The first kappa shape index (κ1) is 19.2. The highest BCUT2D eigenvalue weighted by molar-refractivity contribution is 14.0. The van der Waals surface area contributed by atoms with Gasteiger partial charge in [0.15, 0.2) is 5.96 Å². The average molecular weight is 481 g/mol. The van der Waals surface area contributed by atoms with Crippen molar-refractivity contribution >= 4 is 51.8 Å². The van der Waals surface area contributed by atoms with Crippen molar-refractivity contribution in [2.24, 2.45) is 10.9 Å². The molecule has 0 unspecified atom stereocenters. The normalized spacial score (nSPS) is 14.0. The minimum atomic E-state index is -0.0646. The quantitative estimate of drug-likeness (QED) is 0.253. The van der Waals surface area contributed by atoms with E-state index >= 15 is 0 Å².